The van der Waals surface area contributed by atoms with Gasteiger partial charge >= 0.3 is 0 Å². The highest BCUT2D eigenvalue weighted by Gasteiger charge is 2.15. The lowest BCUT2D eigenvalue weighted by molar-refractivity contribution is 0.0958. The van der Waals surface area contributed by atoms with Crippen molar-refractivity contribution >= 4 is 63.4 Å². The van der Waals surface area contributed by atoms with E-state index in [1.165, 1.54) is 6.21 Å². The second-order valence-corrected chi connectivity index (χ2v) is 8.29. The Morgan fingerprint density at radius 1 is 1.27 bits per heavy atom. The Morgan fingerprint density at radius 2 is 2.03 bits per heavy atom. The van der Waals surface area contributed by atoms with Crippen molar-refractivity contribution < 1.29 is 9.53 Å². The number of ether oxygens (including phenoxy) is 1. The lowest BCUT2D eigenvalue weighted by Gasteiger charge is -2.11. The Labute approximate surface area is 192 Å². The van der Waals surface area contributed by atoms with Crippen molar-refractivity contribution in [3.63, 3.8) is 0 Å². The molecule has 3 N–H and O–H groups in total. The molecule has 30 heavy (non-hydrogen) atoms. The Bertz CT molecular complexity index is 1100. The maximum atomic E-state index is 12.3. The van der Waals surface area contributed by atoms with Gasteiger partial charge in [0.05, 0.1) is 22.0 Å². The maximum Gasteiger partial charge on any atom is 0.283 e. The number of benzene rings is 2. The number of thiazole rings is 1. The van der Waals surface area contributed by atoms with E-state index in [0.29, 0.717) is 48.5 Å². The molecule has 2 aromatic carbocycles. The lowest BCUT2D eigenvalue weighted by Crippen LogP contribution is -2.17. The van der Waals surface area contributed by atoms with Gasteiger partial charge in [-0.05, 0) is 36.2 Å². The van der Waals surface area contributed by atoms with Crippen molar-refractivity contribution in [1.29, 1.82) is 0 Å². The summed E-state index contributed by atoms with van der Waals surface area (Å²) in [6, 6.07) is 10.5. The van der Waals surface area contributed by atoms with Crippen LogP contribution in [0.5, 0.6) is 5.75 Å². The molecule has 0 saturated heterocycles. The first-order chi connectivity index (χ1) is 14.4. The zero-order chi connectivity index (χ0) is 21.7. The molecule has 0 aliphatic carbocycles. The fourth-order valence-corrected chi connectivity index (χ4v) is 4.01. The van der Waals surface area contributed by atoms with Crippen molar-refractivity contribution in [2.75, 3.05) is 5.73 Å². The number of rotatable bonds is 7. The van der Waals surface area contributed by atoms with Crippen LogP contribution in [-0.4, -0.2) is 17.1 Å². The molecule has 0 radical (unpaired) electrons. The third-order valence-electron chi connectivity index (χ3n) is 4.01. The van der Waals surface area contributed by atoms with E-state index in [0.717, 1.165) is 16.9 Å². The highest BCUT2D eigenvalue weighted by molar-refractivity contribution is 7.17. The summed E-state index contributed by atoms with van der Waals surface area (Å²) in [5, 5.41) is 5.59. The van der Waals surface area contributed by atoms with Crippen molar-refractivity contribution in [2.24, 2.45) is 5.10 Å². The molecule has 156 valence electrons. The second-order valence-electron chi connectivity index (χ2n) is 6.06. The molecule has 3 rings (SSSR count). The SMILES string of the molecule is CCc1nc(N)sc1C(=O)N/N=C/c1cccc(OCc2c(Cl)ccc(Cl)c2Cl)c1. The molecule has 0 fully saturated rings. The van der Waals surface area contributed by atoms with Gasteiger partial charge in [-0.2, -0.15) is 5.10 Å². The molecule has 1 aromatic heterocycles. The molecule has 0 spiro atoms. The molecule has 0 aliphatic heterocycles. The van der Waals surface area contributed by atoms with E-state index in [4.69, 9.17) is 45.3 Å². The molecule has 0 saturated carbocycles. The molecule has 1 heterocycles. The summed E-state index contributed by atoms with van der Waals surface area (Å²) in [6.07, 6.45) is 2.13. The van der Waals surface area contributed by atoms with Crippen LogP contribution in [0.25, 0.3) is 0 Å². The topological polar surface area (TPSA) is 89.6 Å². The third kappa shape index (κ3) is 5.43. The summed E-state index contributed by atoms with van der Waals surface area (Å²) in [6.45, 7) is 2.06. The minimum Gasteiger partial charge on any atom is -0.489 e. The summed E-state index contributed by atoms with van der Waals surface area (Å²) in [5.41, 5.74) is 10.2. The van der Waals surface area contributed by atoms with Gasteiger partial charge in [-0.1, -0.05) is 65.2 Å². The Kier molecular flexibility index (Phi) is 7.55. The minimum atomic E-state index is -0.352. The normalized spacial score (nSPS) is 11.1. The minimum absolute atomic E-state index is 0.155. The number of halogens is 3. The number of carbonyl (C=O) groups excluding carboxylic acids is 1. The highest BCUT2D eigenvalue weighted by atomic mass is 35.5. The van der Waals surface area contributed by atoms with Gasteiger partial charge in [0.2, 0.25) is 0 Å². The summed E-state index contributed by atoms with van der Waals surface area (Å²) >= 11 is 19.5. The van der Waals surface area contributed by atoms with E-state index in [2.05, 4.69) is 15.5 Å². The predicted octanol–water partition coefficient (Wildman–Crippen LogP) is 5.59. The smallest absolute Gasteiger partial charge is 0.283 e. The number of aromatic nitrogens is 1. The van der Waals surface area contributed by atoms with Gasteiger partial charge < -0.3 is 10.5 Å². The molecule has 6 nitrogen and oxygen atoms in total. The highest BCUT2D eigenvalue weighted by Crippen LogP contribution is 2.32. The number of anilines is 1. The number of hydrogen-bond acceptors (Lipinski definition) is 6. The summed E-state index contributed by atoms with van der Waals surface area (Å²) < 4.78 is 5.78. The number of aryl methyl sites for hydroxylation is 1. The molecule has 10 heteroatoms. The monoisotopic (exact) mass is 482 g/mol. The fourth-order valence-electron chi connectivity index (χ4n) is 2.54. The van der Waals surface area contributed by atoms with Crippen molar-refractivity contribution in [1.82, 2.24) is 10.4 Å². The molecular formula is C20H17Cl3N4O2S. The van der Waals surface area contributed by atoms with Crippen molar-refractivity contribution in [3.05, 3.63) is 73.2 Å². The quantitative estimate of drug-likeness (QED) is 0.260. The molecule has 0 atom stereocenters. The van der Waals surface area contributed by atoms with Crippen LogP contribution in [0.3, 0.4) is 0 Å². The van der Waals surface area contributed by atoms with Gasteiger partial charge in [0.15, 0.2) is 5.13 Å². The van der Waals surface area contributed by atoms with Crippen LogP contribution >= 0.6 is 46.1 Å². The van der Waals surface area contributed by atoms with Gasteiger partial charge in [-0.25, -0.2) is 10.4 Å². The van der Waals surface area contributed by atoms with Crippen LogP contribution in [0.1, 0.15) is 33.4 Å². The zero-order valence-electron chi connectivity index (χ0n) is 15.8. The molecular weight excluding hydrogens is 467 g/mol. The lowest BCUT2D eigenvalue weighted by atomic mass is 10.2. The predicted molar refractivity (Wildman–Crippen MR) is 123 cm³/mol. The van der Waals surface area contributed by atoms with E-state index >= 15 is 0 Å². The molecule has 0 aliphatic rings. The first-order valence-electron chi connectivity index (χ1n) is 8.82. The van der Waals surface area contributed by atoms with E-state index < -0.39 is 0 Å². The van der Waals surface area contributed by atoms with E-state index in [1.54, 1.807) is 30.3 Å². The summed E-state index contributed by atoms with van der Waals surface area (Å²) in [4.78, 5) is 16.9. The van der Waals surface area contributed by atoms with Crippen molar-refractivity contribution in [3.8, 4) is 5.75 Å². The number of nitrogen functional groups attached to an aromatic ring is 1. The Balaban J connectivity index is 1.64. The molecule has 0 unspecified atom stereocenters. The zero-order valence-corrected chi connectivity index (χ0v) is 18.9. The number of hydrazone groups is 1. The number of nitrogens with zero attached hydrogens (tertiary/aromatic N) is 2. The van der Waals surface area contributed by atoms with Gasteiger partial charge in [0.1, 0.15) is 17.2 Å². The summed E-state index contributed by atoms with van der Waals surface area (Å²) in [7, 11) is 0. The molecule has 0 bridgehead atoms. The molecule has 3 aromatic rings. The van der Waals surface area contributed by atoms with Crippen LogP contribution in [0.2, 0.25) is 15.1 Å². The number of carbonyl (C=O) groups is 1. The van der Waals surface area contributed by atoms with Gasteiger partial charge in [0.25, 0.3) is 5.91 Å². The number of amides is 1. The van der Waals surface area contributed by atoms with Crippen LogP contribution < -0.4 is 15.9 Å². The van der Waals surface area contributed by atoms with Gasteiger partial charge in [-0.3, -0.25) is 4.79 Å². The average molecular weight is 484 g/mol. The molecule has 1 amide bonds. The first kappa shape index (κ1) is 22.4. The summed E-state index contributed by atoms with van der Waals surface area (Å²) in [5.74, 6) is 0.232. The first-order valence-corrected chi connectivity index (χ1v) is 10.8. The average Bonchev–Trinajstić information content (AvgIpc) is 3.12. The number of nitrogens with one attached hydrogen (secondary N) is 1. The van der Waals surface area contributed by atoms with E-state index in [-0.39, 0.29) is 12.5 Å². The maximum absolute atomic E-state index is 12.3. The third-order valence-corrected chi connectivity index (χ3v) is 6.14. The largest absolute Gasteiger partial charge is 0.489 e. The van der Waals surface area contributed by atoms with Gasteiger partial charge in [0, 0.05) is 10.6 Å². The van der Waals surface area contributed by atoms with E-state index in [9.17, 15) is 4.79 Å². The standard InChI is InChI=1S/C20H17Cl3N4O2S/c1-2-16-18(30-20(24)26-16)19(28)27-25-9-11-4-3-5-12(8-11)29-10-13-14(21)6-7-15(22)17(13)23/h3-9H,2,10H2,1H3,(H2,24,26)(H,27,28)/b25-9+. The van der Waals surface area contributed by atoms with Crippen LogP contribution in [0, 0.1) is 0 Å². The van der Waals surface area contributed by atoms with Crippen LogP contribution in [0.15, 0.2) is 41.5 Å². The van der Waals surface area contributed by atoms with E-state index in [1.807, 2.05) is 13.0 Å². The van der Waals surface area contributed by atoms with Crippen LogP contribution in [-0.2, 0) is 13.0 Å². The van der Waals surface area contributed by atoms with Crippen molar-refractivity contribution in [2.45, 2.75) is 20.0 Å². The Morgan fingerprint density at radius 3 is 2.80 bits per heavy atom. The van der Waals surface area contributed by atoms with Gasteiger partial charge in [-0.15, -0.1) is 0 Å². The van der Waals surface area contributed by atoms with Crippen LogP contribution in [0.4, 0.5) is 5.13 Å². The number of nitrogens with two attached hydrogens (primary N) is 1. The number of hydrogen-bond donors (Lipinski definition) is 2. The fraction of sp³-hybridized carbons (Fsp3) is 0.150. The Hall–Kier alpha value is -2.32. The second kappa shape index (κ2) is 10.1.